The van der Waals surface area contributed by atoms with E-state index in [0.29, 0.717) is 29.7 Å². The summed E-state index contributed by atoms with van der Waals surface area (Å²) < 4.78 is 1.76. The minimum atomic E-state index is -0.248. The lowest BCUT2D eigenvalue weighted by atomic mass is 9.90. The Morgan fingerprint density at radius 1 is 1.04 bits per heavy atom. The van der Waals surface area contributed by atoms with Crippen LogP contribution in [-0.2, 0) is 18.4 Å². The summed E-state index contributed by atoms with van der Waals surface area (Å²) in [5.74, 6) is 1.79. The van der Waals surface area contributed by atoms with Gasteiger partial charge in [-0.15, -0.1) is 0 Å². The van der Waals surface area contributed by atoms with Gasteiger partial charge in [0, 0.05) is 75.1 Å². The Morgan fingerprint density at radius 2 is 1.88 bits per heavy atom. The highest BCUT2D eigenvalue weighted by molar-refractivity contribution is 5.91. The van der Waals surface area contributed by atoms with Crippen molar-refractivity contribution in [3.63, 3.8) is 0 Å². The summed E-state index contributed by atoms with van der Waals surface area (Å²) in [6.45, 7) is 3.97. The van der Waals surface area contributed by atoms with Crippen molar-refractivity contribution in [1.82, 2.24) is 30.0 Å². The fourth-order valence-corrected chi connectivity index (χ4v) is 7.36. The number of nitrogens with one attached hydrogen (secondary N) is 2. The molecule has 13 nitrogen and oxygen atoms in total. The summed E-state index contributed by atoms with van der Waals surface area (Å²) >= 11 is 0. The van der Waals surface area contributed by atoms with Gasteiger partial charge in [0.15, 0.2) is 5.82 Å². The van der Waals surface area contributed by atoms with Gasteiger partial charge >= 0.3 is 6.03 Å². The van der Waals surface area contributed by atoms with Crippen LogP contribution >= 0.6 is 0 Å². The second kappa shape index (κ2) is 14.5. The van der Waals surface area contributed by atoms with Gasteiger partial charge in [0.2, 0.25) is 5.95 Å². The molecule has 5 heterocycles. The van der Waals surface area contributed by atoms with Crippen LogP contribution in [0.3, 0.4) is 0 Å². The predicted octanol–water partition coefficient (Wildman–Crippen LogP) is 5.81. The Hall–Kier alpha value is -5.51. The van der Waals surface area contributed by atoms with E-state index in [9.17, 15) is 10.1 Å². The number of carbonyl (C=O) groups is 1. The van der Waals surface area contributed by atoms with Crippen LogP contribution in [-0.4, -0.2) is 67.2 Å². The topological polar surface area (TPSA) is 149 Å². The summed E-state index contributed by atoms with van der Waals surface area (Å²) in [7, 11) is 1.88. The van der Waals surface area contributed by atoms with Gasteiger partial charge in [-0.2, -0.15) is 15.3 Å². The van der Waals surface area contributed by atoms with Crippen LogP contribution in [0, 0.1) is 11.3 Å². The fourth-order valence-electron chi connectivity index (χ4n) is 7.36. The number of amides is 2. The van der Waals surface area contributed by atoms with E-state index in [0.717, 1.165) is 86.9 Å². The minimum absolute atomic E-state index is 0.0344. The van der Waals surface area contributed by atoms with Crippen LogP contribution in [0.1, 0.15) is 69.4 Å². The van der Waals surface area contributed by atoms with E-state index in [4.69, 9.17) is 14.8 Å². The average molecular weight is 674 g/mol. The first kappa shape index (κ1) is 33.0. The fraction of sp³-hybridized carbons (Fsp3) is 0.432. The molecule has 3 aromatic heterocycles. The van der Waals surface area contributed by atoms with E-state index >= 15 is 0 Å². The maximum Gasteiger partial charge on any atom is 0.323 e. The number of oxime groups is 1. The first-order chi connectivity index (χ1) is 24.4. The number of pyridine rings is 1. The van der Waals surface area contributed by atoms with Gasteiger partial charge in [-0.05, 0) is 63.1 Å². The zero-order valence-electron chi connectivity index (χ0n) is 28.6. The number of nitrogens with zero attached hydrogens (tertiary/aromatic N) is 9. The molecule has 3 aliphatic rings. The molecule has 258 valence electrons. The molecule has 1 saturated heterocycles. The number of hydrogen-bond donors (Lipinski definition) is 2. The Labute approximate surface area is 292 Å². The molecule has 2 fully saturated rings. The number of aryl methyl sites for hydroxylation is 1. The van der Waals surface area contributed by atoms with Gasteiger partial charge in [0.05, 0.1) is 18.1 Å². The summed E-state index contributed by atoms with van der Waals surface area (Å²) in [6.07, 6.45) is 13.9. The number of carbonyl (C=O) groups excluding carboxylic acids is 1. The third kappa shape index (κ3) is 7.39. The van der Waals surface area contributed by atoms with Crippen LogP contribution in [0.25, 0.3) is 11.1 Å². The minimum Gasteiger partial charge on any atom is -0.389 e. The molecule has 1 aliphatic carbocycles. The lowest BCUT2D eigenvalue weighted by molar-refractivity contribution is -0.0271. The van der Waals surface area contributed by atoms with Crippen molar-refractivity contribution >= 4 is 29.3 Å². The first-order valence-corrected chi connectivity index (χ1v) is 17.4. The van der Waals surface area contributed by atoms with Crippen LogP contribution in [0.15, 0.2) is 72.4 Å². The lowest BCUT2D eigenvalue weighted by Gasteiger charge is -2.36. The maximum atomic E-state index is 13.8. The number of rotatable bonds is 8. The van der Waals surface area contributed by atoms with Gasteiger partial charge in [-0.25, -0.2) is 14.8 Å². The van der Waals surface area contributed by atoms with Crippen molar-refractivity contribution < 1.29 is 9.63 Å². The zero-order chi connectivity index (χ0) is 34.5. The number of nitriles is 1. The Morgan fingerprint density at radius 3 is 2.58 bits per heavy atom. The van der Waals surface area contributed by atoms with Crippen molar-refractivity contribution in [2.45, 2.75) is 82.5 Å². The maximum absolute atomic E-state index is 13.8. The van der Waals surface area contributed by atoms with Crippen molar-refractivity contribution in [2.24, 2.45) is 12.2 Å². The second-order valence-electron chi connectivity index (χ2n) is 13.6. The molecule has 50 heavy (non-hydrogen) atoms. The number of benzene rings is 1. The normalized spacial score (nSPS) is 21.9. The molecular formula is C37H43N11O2. The van der Waals surface area contributed by atoms with Gasteiger partial charge in [0.1, 0.15) is 23.1 Å². The molecule has 2 N–H and O–H groups in total. The van der Waals surface area contributed by atoms with E-state index in [-0.39, 0.29) is 23.7 Å². The molecule has 0 bridgehead atoms. The molecule has 1 aromatic carbocycles. The highest BCUT2D eigenvalue weighted by Crippen LogP contribution is 2.36. The number of aromatic nitrogens is 5. The number of hydrogen-bond acceptors (Lipinski definition) is 10. The summed E-state index contributed by atoms with van der Waals surface area (Å²) in [5, 5.41) is 25.1. The number of anilines is 3. The van der Waals surface area contributed by atoms with Crippen molar-refractivity contribution in [1.29, 1.82) is 5.26 Å². The van der Waals surface area contributed by atoms with Crippen molar-refractivity contribution in [3.8, 4) is 17.2 Å². The largest absolute Gasteiger partial charge is 0.389 e. The van der Waals surface area contributed by atoms with E-state index in [2.05, 4.69) is 36.8 Å². The molecule has 13 heteroatoms. The van der Waals surface area contributed by atoms with E-state index in [1.54, 1.807) is 23.3 Å². The van der Waals surface area contributed by atoms with E-state index in [1.807, 2.05) is 67.5 Å². The molecule has 1 saturated carbocycles. The highest BCUT2D eigenvalue weighted by atomic mass is 16.7. The van der Waals surface area contributed by atoms with Crippen LogP contribution < -0.4 is 20.4 Å². The van der Waals surface area contributed by atoms with Crippen molar-refractivity contribution in [3.05, 3.63) is 78.4 Å². The molecule has 1 atom stereocenters. The van der Waals surface area contributed by atoms with Gasteiger partial charge in [-0.1, -0.05) is 35.5 Å². The molecule has 2 amide bonds. The van der Waals surface area contributed by atoms with Crippen LogP contribution in [0.2, 0.25) is 0 Å². The monoisotopic (exact) mass is 673 g/mol. The Kier molecular flexibility index (Phi) is 9.60. The van der Waals surface area contributed by atoms with Gasteiger partial charge in [0.25, 0.3) is 0 Å². The molecule has 0 radical (unpaired) electrons. The smallest absolute Gasteiger partial charge is 0.323 e. The zero-order valence-corrected chi connectivity index (χ0v) is 28.6. The Balaban J connectivity index is 1.02. The summed E-state index contributed by atoms with van der Waals surface area (Å²) in [5.41, 5.74) is 4.20. The van der Waals surface area contributed by atoms with Gasteiger partial charge < -0.3 is 20.4 Å². The third-order valence-electron chi connectivity index (χ3n) is 9.99. The van der Waals surface area contributed by atoms with Gasteiger partial charge in [-0.3, -0.25) is 9.58 Å². The van der Waals surface area contributed by atoms with Crippen LogP contribution in [0.5, 0.6) is 0 Å². The average Bonchev–Trinajstić information content (AvgIpc) is 3.68. The van der Waals surface area contributed by atoms with E-state index < -0.39 is 0 Å². The molecule has 4 aromatic rings. The first-order valence-electron chi connectivity index (χ1n) is 17.4. The quantitative estimate of drug-likeness (QED) is 0.236. The molecule has 1 unspecified atom stereocenters. The Bertz CT molecular complexity index is 1860. The highest BCUT2D eigenvalue weighted by Gasteiger charge is 2.40. The molecular weight excluding hydrogens is 630 g/mol. The summed E-state index contributed by atoms with van der Waals surface area (Å²) in [6, 6.07) is 16.0. The number of urea groups is 1. The molecule has 7 rings (SSSR count). The lowest BCUT2D eigenvalue weighted by Crippen LogP contribution is -2.49. The molecule has 1 spiro atoms. The van der Waals surface area contributed by atoms with Crippen molar-refractivity contribution in [2.75, 3.05) is 28.2 Å². The van der Waals surface area contributed by atoms with E-state index in [1.165, 1.54) is 0 Å². The third-order valence-corrected chi connectivity index (χ3v) is 9.99. The summed E-state index contributed by atoms with van der Waals surface area (Å²) in [4.78, 5) is 37.8. The van der Waals surface area contributed by atoms with Crippen LogP contribution in [0.4, 0.5) is 22.4 Å². The SMILES string of the molecule is CC1=NOC2(CCCN(c3nc(NC4CCC(N(C(=O)NCc5ccccc5)c5ccc(-c6cnn(C)c6)cn5)CC4)ncc3C#N)CC2)C1. The predicted molar refractivity (Wildman–Crippen MR) is 192 cm³/mol. The standard InChI is InChI=1S/C37H43N11O2/c1-26-19-37(50-45-26)15-6-17-47(18-16-37)34-29(20-38)23-40-35(44-34)43-31-10-12-32(13-11-31)48(36(49)41-21-27-7-4-3-5-8-27)33-14-9-28(22-39-33)30-24-42-46(2)25-30/h3-5,7-9,14,22-25,31-32H,6,10-13,15-19,21H2,1-2H3,(H,41,49)(H,40,43,44). The second-order valence-corrected chi connectivity index (χ2v) is 13.6. The molecule has 2 aliphatic heterocycles.